The number of nitriles is 1. The van der Waals surface area contributed by atoms with Crippen molar-refractivity contribution in [3.05, 3.63) is 36.4 Å². The van der Waals surface area contributed by atoms with Gasteiger partial charge in [0.15, 0.2) is 0 Å². The number of rotatable bonds is 6. The maximum absolute atomic E-state index is 12.9. The highest BCUT2D eigenvalue weighted by Crippen LogP contribution is 2.32. The summed E-state index contributed by atoms with van der Waals surface area (Å²) in [5, 5.41) is 10.1. The van der Waals surface area contributed by atoms with Gasteiger partial charge in [-0.15, -0.1) is 0 Å². The zero-order chi connectivity index (χ0) is 16.2. The summed E-state index contributed by atoms with van der Waals surface area (Å²) in [4.78, 5) is 0.240. The number of methoxy groups -OCH3 is 1. The summed E-state index contributed by atoms with van der Waals surface area (Å²) in [5.41, 5.74) is 0. The highest BCUT2D eigenvalue weighted by atomic mass is 32.2. The molecule has 6 heteroatoms. The standard InChI is InChI=1S/C16H18N2O3S/c1-3-18(12-6-11-17)22(19,20)16-10-9-15(21-2)13-7-4-5-8-14(13)16/h4-5,7-10H,3,6,12H2,1-2H3. The maximum Gasteiger partial charge on any atom is 0.243 e. The molecule has 2 rings (SSSR count). The number of hydrogen-bond acceptors (Lipinski definition) is 4. The Morgan fingerprint density at radius 3 is 2.45 bits per heavy atom. The van der Waals surface area contributed by atoms with Crippen molar-refractivity contribution in [1.82, 2.24) is 4.31 Å². The summed E-state index contributed by atoms with van der Waals surface area (Å²) in [6, 6.07) is 12.4. The van der Waals surface area contributed by atoms with E-state index in [1.54, 1.807) is 38.3 Å². The highest BCUT2D eigenvalue weighted by Gasteiger charge is 2.25. The summed E-state index contributed by atoms with van der Waals surface area (Å²) in [6.45, 7) is 2.28. The van der Waals surface area contributed by atoms with Gasteiger partial charge in [-0.25, -0.2) is 8.42 Å². The number of nitrogens with zero attached hydrogens (tertiary/aromatic N) is 2. The SMILES string of the molecule is CCN(CCC#N)S(=O)(=O)c1ccc(OC)c2ccccc12. The molecule has 0 aliphatic carbocycles. The van der Waals surface area contributed by atoms with Crippen LogP contribution < -0.4 is 4.74 Å². The number of hydrogen-bond donors (Lipinski definition) is 0. The van der Waals surface area contributed by atoms with Gasteiger partial charge in [0.05, 0.1) is 18.1 Å². The first-order valence-corrected chi connectivity index (χ1v) is 8.43. The minimum absolute atomic E-state index is 0.168. The van der Waals surface area contributed by atoms with E-state index in [2.05, 4.69) is 0 Å². The van der Waals surface area contributed by atoms with Gasteiger partial charge in [-0.05, 0) is 12.1 Å². The lowest BCUT2D eigenvalue weighted by Crippen LogP contribution is -2.31. The molecule has 0 aliphatic rings. The molecule has 0 fully saturated rings. The highest BCUT2D eigenvalue weighted by molar-refractivity contribution is 7.89. The molecule has 0 aromatic heterocycles. The summed E-state index contributed by atoms with van der Waals surface area (Å²) in [6.07, 6.45) is 0.168. The molecule has 0 heterocycles. The average Bonchev–Trinajstić information content (AvgIpc) is 2.54. The van der Waals surface area contributed by atoms with Crippen LogP contribution in [0.25, 0.3) is 10.8 Å². The van der Waals surface area contributed by atoms with Crippen LogP contribution in [0.2, 0.25) is 0 Å². The van der Waals surface area contributed by atoms with Crippen molar-refractivity contribution in [2.24, 2.45) is 0 Å². The Morgan fingerprint density at radius 2 is 1.86 bits per heavy atom. The van der Waals surface area contributed by atoms with Crippen LogP contribution >= 0.6 is 0 Å². The van der Waals surface area contributed by atoms with Crippen molar-refractivity contribution >= 4 is 20.8 Å². The summed E-state index contributed by atoms with van der Waals surface area (Å²) < 4.78 is 32.3. The average molecular weight is 318 g/mol. The molecule has 0 saturated carbocycles. The van der Waals surface area contributed by atoms with Gasteiger partial charge in [0.25, 0.3) is 0 Å². The monoisotopic (exact) mass is 318 g/mol. The summed E-state index contributed by atoms with van der Waals surface area (Å²) in [7, 11) is -2.09. The van der Waals surface area contributed by atoms with Gasteiger partial charge >= 0.3 is 0 Å². The second-order valence-electron chi connectivity index (χ2n) is 4.72. The molecule has 0 bridgehead atoms. The Labute approximate surface area is 130 Å². The second kappa shape index (κ2) is 6.77. The molecule has 0 aliphatic heterocycles. The van der Waals surface area contributed by atoms with Crippen LogP contribution in [0.3, 0.4) is 0 Å². The van der Waals surface area contributed by atoms with E-state index in [0.29, 0.717) is 17.7 Å². The Bertz CT molecular complexity index is 810. The number of sulfonamides is 1. The van der Waals surface area contributed by atoms with Gasteiger partial charge in [0.1, 0.15) is 5.75 Å². The fourth-order valence-electron chi connectivity index (χ4n) is 2.41. The van der Waals surface area contributed by atoms with Gasteiger partial charge in [0, 0.05) is 30.3 Å². The summed E-state index contributed by atoms with van der Waals surface area (Å²) >= 11 is 0. The molecular weight excluding hydrogens is 300 g/mol. The van der Waals surface area contributed by atoms with E-state index in [0.717, 1.165) is 5.39 Å². The topological polar surface area (TPSA) is 70.4 Å². The van der Waals surface area contributed by atoms with E-state index in [1.807, 2.05) is 18.2 Å². The van der Waals surface area contributed by atoms with E-state index < -0.39 is 10.0 Å². The minimum Gasteiger partial charge on any atom is -0.496 e. The molecule has 0 saturated heterocycles. The number of fused-ring (bicyclic) bond motifs is 1. The second-order valence-corrected chi connectivity index (χ2v) is 6.62. The first kappa shape index (κ1) is 16.3. The van der Waals surface area contributed by atoms with E-state index in [9.17, 15) is 8.42 Å². The molecule has 2 aromatic rings. The van der Waals surface area contributed by atoms with Crippen molar-refractivity contribution in [3.8, 4) is 11.8 Å². The molecule has 22 heavy (non-hydrogen) atoms. The van der Waals surface area contributed by atoms with E-state index in [4.69, 9.17) is 10.00 Å². The molecule has 116 valence electrons. The van der Waals surface area contributed by atoms with Gasteiger partial charge in [-0.1, -0.05) is 31.2 Å². The Kier molecular flexibility index (Phi) is 5.01. The molecular formula is C16H18N2O3S. The van der Waals surface area contributed by atoms with Crippen LogP contribution in [-0.2, 0) is 10.0 Å². The number of benzene rings is 2. The third-order valence-corrected chi connectivity index (χ3v) is 5.54. The first-order chi connectivity index (χ1) is 10.6. The predicted molar refractivity (Wildman–Crippen MR) is 85.2 cm³/mol. The normalized spacial score (nSPS) is 11.5. The zero-order valence-electron chi connectivity index (χ0n) is 12.6. The fourth-order valence-corrected chi connectivity index (χ4v) is 4.05. The minimum atomic E-state index is -3.65. The zero-order valence-corrected chi connectivity index (χ0v) is 13.4. The lowest BCUT2D eigenvalue weighted by Gasteiger charge is -2.20. The van der Waals surface area contributed by atoms with Gasteiger partial charge in [-0.2, -0.15) is 9.57 Å². The summed E-state index contributed by atoms with van der Waals surface area (Å²) in [5.74, 6) is 0.634. The van der Waals surface area contributed by atoms with Crippen LogP contribution in [0, 0.1) is 11.3 Å². The molecule has 0 radical (unpaired) electrons. The Hall–Kier alpha value is -2.10. The quantitative estimate of drug-likeness (QED) is 0.821. The van der Waals surface area contributed by atoms with E-state index >= 15 is 0 Å². The largest absolute Gasteiger partial charge is 0.496 e. The van der Waals surface area contributed by atoms with Crippen LogP contribution in [0.4, 0.5) is 0 Å². The maximum atomic E-state index is 12.9. The molecule has 0 atom stereocenters. The van der Waals surface area contributed by atoms with E-state index in [-0.39, 0.29) is 17.9 Å². The first-order valence-electron chi connectivity index (χ1n) is 6.99. The molecule has 2 aromatic carbocycles. The van der Waals surface area contributed by atoms with E-state index in [1.165, 1.54) is 4.31 Å². The molecule has 0 amide bonds. The van der Waals surface area contributed by atoms with Crippen molar-refractivity contribution < 1.29 is 13.2 Å². The molecule has 0 unspecified atom stereocenters. The molecule has 0 spiro atoms. The lowest BCUT2D eigenvalue weighted by atomic mass is 10.1. The van der Waals surface area contributed by atoms with Crippen molar-refractivity contribution in [3.63, 3.8) is 0 Å². The molecule has 5 nitrogen and oxygen atoms in total. The van der Waals surface area contributed by atoms with Gasteiger partial charge in [-0.3, -0.25) is 0 Å². The van der Waals surface area contributed by atoms with Crippen molar-refractivity contribution in [1.29, 1.82) is 5.26 Å². The van der Waals surface area contributed by atoms with Crippen LogP contribution in [0.5, 0.6) is 5.75 Å². The predicted octanol–water partition coefficient (Wildman–Crippen LogP) is 2.77. The molecule has 0 N–H and O–H groups in total. The fraction of sp³-hybridized carbons (Fsp3) is 0.312. The lowest BCUT2D eigenvalue weighted by molar-refractivity contribution is 0.419. The Balaban J connectivity index is 2.61. The van der Waals surface area contributed by atoms with Crippen molar-refractivity contribution in [2.45, 2.75) is 18.2 Å². The third-order valence-electron chi connectivity index (χ3n) is 3.51. The van der Waals surface area contributed by atoms with Crippen LogP contribution in [0.15, 0.2) is 41.3 Å². The smallest absolute Gasteiger partial charge is 0.243 e. The van der Waals surface area contributed by atoms with Crippen molar-refractivity contribution in [2.75, 3.05) is 20.2 Å². The van der Waals surface area contributed by atoms with Crippen LogP contribution in [0.1, 0.15) is 13.3 Å². The van der Waals surface area contributed by atoms with Gasteiger partial charge < -0.3 is 4.74 Å². The number of ether oxygens (including phenoxy) is 1. The third kappa shape index (κ3) is 2.91. The Morgan fingerprint density at radius 1 is 1.18 bits per heavy atom. The van der Waals surface area contributed by atoms with Crippen LogP contribution in [-0.4, -0.2) is 32.9 Å². The van der Waals surface area contributed by atoms with Gasteiger partial charge in [0.2, 0.25) is 10.0 Å².